The first kappa shape index (κ1) is 21.0. The molecular formula is C14H22Cl2N4O3S. The number of rotatable bonds is 3. The van der Waals surface area contributed by atoms with E-state index in [0.29, 0.717) is 26.2 Å². The van der Waals surface area contributed by atoms with Gasteiger partial charge in [0.15, 0.2) is 0 Å². The lowest BCUT2D eigenvalue weighted by Gasteiger charge is -2.37. The van der Waals surface area contributed by atoms with Crippen LogP contribution in [0.3, 0.4) is 0 Å². The van der Waals surface area contributed by atoms with Crippen LogP contribution < -0.4 is 15.8 Å². The van der Waals surface area contributed by atoms with Crippen molar-refractivity contribution in [3.8, 4) is 0 Å². The van der Waals surface area contributed by atoms with Crippen molar-refractivity contribution in [2.45, 2.75) is 23.3 Å². The molecule has 1 aliphatic carbocycles. The third-order valence-corrected chi connectivity index (χ3v) is 5.24. The third kappa shape index (κ3) is 4.31. The summed E-state index contributed by atoms with van der Waals surface area (Å²) in [6.07, 6.45) is 1.56. The van der Waals surface area contributed by atoms with Gasteiger partial charge in [-0.1, -0.05) is 0 Å². The number of amides is 1. The topological polar surface area (TPSA) is 110 Å². The smallest absolute Gasteiger partial charge is 0.242 e. The van der Waals surface area contributed by atoms with Crippen molar-refractivity contribution in [3.05, 3.63) is 24.3 Å². The Bertz CT molecular complexity index is 684. The van der Waals surface area contributed by atoms with Crippen LogP contribution in [0.5, 0.6) is 0 Å². The molecule has 4 N–H and O–H groups in total. The second kappa shape index (κ2) is 7.45. The van der Waals surface area contributed by atoms with Gasteiger partial charge in [-0.05, 0) is 37.1 Å². The average molecular weight is 397 g/mol. The Kier molecular flexibility index (Phi) is 6.51. The number of carbonyl (C=O) groups excluding carboxylic acids is 1. The van der Waals surface area contributed by atoms with Gasteiger partial charge in [0.05, 0.1) is 10.4 Å². The van der Waals surface area contributed by atoms with E-state index in [9.17, 15) is 13.2 Å². The van der Waals surface area contributed by atoms with Crippen molar-refractivity contribution in [2.24, 2.45) is 10.9 Å². The summed E-state index contributed by atoms with van der Waals surface area (Å²) in [5.74, 6) is 0.0525. The Morgan fingerprint density at radius 2 is 1.50 bits per heavy atom. The minimum Gasteiger partial charge on any atom is -0.368 e. The number of sulfonamides is 1. The monoisotopic (exact) mass is 396 g/mol. The molecule has 0 radical (unpaired) electrons. The van der Waals surface area contributed by atoms with Gasteiger partial charge in [-0.15, -0.1) is 24.8 Å². The van der Waals surface area contributed by atoms with Crippen LogP contribution in [0.15, 0.2) is 29.2 Å². The zero-order valence-corrected chi connectivity index (χ0v) is 15.5. The number of carbonyl (C=O) groups is 1. The normalized spacial score (nSPS) is 19.1. The highest BCUT2D eigenvalue weighted by Crippen LogP contribution is 2.34. The maximum absolute atomic E-state index is 12.2. The Morgan fingerprint density at radius 1 is 1.00 bits per heavy atom. The summed E-state index contributed by atoms with van der Waals surface area (Å²) in [5, 5.41) is 5.09. The zero-order chi connectivity index (χ0) is 16.0. The zero-order valence-electron chi connectivity index (χ0n) is 13.1. The Morgan fingerprint density at radius 3 is 1.92 bits per heavy atom. The number of benzene rings is 1. The molecule has 0 unspecified atom stereocenters. The third-order valence-electron chi connectivity index (χ3n) is 4.31. The number of primary sulfonamides is 1. The number of anilines is 1. The highest BCUT2D eigenvalue weighted by Gasteiger charge is 2.48. The number of halogens is 2. The van der Waals surface area contributed by atoms with Crippen molar-refractivity contribution in [1.29, 1.82) is 0 Å². The molecule has 1 saturated heterocycles. The standard InChI is InChI=1S/C14H20N4O3S.2ClH/c15-14(5-6-14)13(19)18-9-7-17(8-10-18)11-1-3-12(4-2-11)22(16,20)21;;/h1-4H,5-10,15H2,(H2,16,20,21);2*1H. The van der Waals surface area contributed by atoms with Crippen LogP contribution in [-0.4, -0.2) is 50.9 Å². The van der Waals surface area contributed by atoms with Gasteiger partial charge in [-0.2, -0.15) is 0 Å². The molecular weight excluding hydrogens is 375 g/mol. The Balaban J connectivity index is 0.00000144. The van der Waals surface area contributed by atoms with Gasteiger partial charge in [0, 0.05) is 31.9 Å². The number of hydrogen-bond acceptors (Lipinski definition) is 5. The van der Waals surface area contributed by atoms with Crippen LogP contribution in [0.4, 0.5) is 5.69 Å². The van der Waals surface area contributed by atoms with Crippen molar-refractivity contribution in [1.82, 2.24) is 4.90 Å². The van der Waals surface area contributed by atoms with E-state index >= 15 is 0 Å². The summed E-state index contributed by atoms with van der Waals surface area (Å²) in [6, 6.07) is 6.48. The molecule has 0 aromatic heterocycles. The Hall–Kier alpha value is -1.06. The van der Waals surface area contributed by atoms with Crippen LogP contribution in [0.25, 0.3) is 0 Å². The van der Waals surface area contributed by atoms with Crippen LogP contribution in [0, 0.1) is 0 Å². The molecule has 24 heavy (non-hydrogen) atoms. The molecule has 7 nitrogen and oxygen atoms in total. The Labute approximate surface area is 154 Å². The summed E-state index contributed by atoms with van der Waals surface area (Å²) in [6.45, 7) is 2.68. The molecule has 0 bridgehead atoms. The number of nitrogens with two attached hydrogens (primary N) is 2. The minimum absolute atomic E-state index is 0. The quantitative estimate of drug-likeness (QED) is 0.763. The molecule has 1 saturated carbocycles. The second-order valence-corrected chi connectivity index (χ2v) is 7.54. The molecule has 0 spiro atoms. The van der Waals surface area contributed by atoms with Gasteiger partial charge in [0.2, 0.25) is 15.9 Å². The number of nitrogens with zero attached hydrogens (tertiary/aromatic N) is 2. The largest absolute Gasteiger partial charge is 0.368 e. The van der Waals surface area contributed by atoms with Crippen LogP contribution in [-0.2, 0) is 14.8 Å². The fourth-order valence-corrected chi connectivity index (χ4v) is 3.19. The molecule has 1 aliphatic heterocycles. The van der Waals surface area contributed by atoms with E-state index in [4.69, 9.17) is 10.9 Å². The van der Waals surface area contributed by atoms with Crippen molar-refractivity contribution < 1.29 is 13.2 Å². The molecule has 2 aliphatic rings. The summed E-state index contributed by atoms with van der Waals surface area (Å²) in [5.41, 5.74) is 6.26. The maximum Gasteiger partial charge on any atom is 0.242 e. The van der Waals surface area contributed by atoms with E-state index < -0.39 is 15.6 Å². The van der Waals surface area contributed by atoms with E-state index in [2.05, 4.69) is 4.90 Å². The van der Waals surface area contributed by atoms with Crippen molar-refractivity contribution in [2.75, 3.05) is 31.1 Å². The molecule has 2 fully saturated rings. The van der Waals surface area contributed by atoms with Gasteiger partial charge >= 0.3 is 0 Å². The lowest BCUT2D eigenvalue weighted by atomic mass is 10.2. The van der Waals surface area contributed by atoms with Crippen LogP contribution in [0.2, 0.25) is 0 Å². The van der Waals surface area contributed by atoms with Gasteiger partial charge in [-0.3, -0.25) is 4.79 Å². The predicted molar refractivity (Wildman–Crippen MR) is 97.3 cm³/mol. The predicted octanol–water partition coefficient (Wildman–Crippen LogP) is 0.318. The molecule has 136 valence electrons. The van der Waals surface area contributed by atoms with Gasteiger partial charge in [-0.25, -0.2) is 13.6 Å². The maximum atomic E-state index is 12.2. The lowest BCUT2D eigenvalue weighted by Crippen LogP contribution is -2.54. The molecule has 1 amide bonds. The fraction of sp³-hybridized carbons (Fsp3) is 0.500. The molecule has 3 rings (SSSR count). The highest BCUT2D eigenvalue weighted by atomic mass is 35.5. The number of piperazine rings is 1. The van der Waals surface area contributed by atoms with Gasteiger partial charge in [0.25, 0.3) is 0 Å². The molecule has 10 heteroatoms. The van der Waals surface area contributed by atoms with Gasteiger partial charge < -0.3 is 15.5 Å². The SMILES string of the molecule is Cl.Cl.NC1(C(=O)N2CCN(c3ccc(S(N)(=O)=O)cc3)CC2)CC1. The van der Waals surface area contributed by atoms with Gasteiger partial charge in [0.1, 0.15) is 0 Å². The van der Waals surface area contributed by atoms with Crippen LogP contribution in [0.1, 0.15) is 12.8 Å². The van der Waals surface area contributed by atoms with Crippen molar-refractivity contribution in [3.63, 3.8) is 0 Å². The number of hydrogen-bond donors (Lipinski definition) is 2. The second-order valence-electron chi connectivity index (χ2n) is 5.97. The molecule has 0 atom stereocenters. The summed E-state index contributed by atoms with van der Waals surface area (Å²) in [7, 11) is -3.67. The minimum atomic E-state index is -3.67. The first-order valence-corrected chi connectivity index (χ1v) is 8.80. The van der Waals surface area contributed by atoms with E-state index in [0.717, 1.165) is 18.5 Å². The summed E-state index contributed by atoms with van der Waals surface area (Å²) >= 11 is 0. The molecule has 1 aromatic rings. The van der Waals surface area contributed by atoms with Crippen molar-refractivity contribution >= 4 is 46.4 Å². The van der Waals surface area contributed by atoms with E-state index in [-0.39, 0.29) is 35.6 Å². The van der Waals surface area contributed by atoms with E-state index in [1.165, 1.54) is 12.1 Å². The lowest BCUT2D eigenvalue weighted by molar-refractivity contribution is -0.133. The molecule has 1 aromatic carbocycles. The molecule has 1 heterocycles. The highest BCUT2D eigenvalue weighted by molar-refractivity contribution is 7.89. The first-order chi connectivity index (χ1) is 10.3. The van der Waals surface area contributed by atoms with E-state index in [1.54, 1.807) is 12.1 Å². The van der Waals surface area contributed by atoms with E-state index in [1.807, 2.05) is 4.90 Å². The fourth-order valence-electron chi connectivity index (χ4n) is 2.68. The average Bonchev–Trinajstić information content (AvgIpc) is 3.25. The van der Waals surface area contributed by atoms with Crippen LogP contribution >= 0.6 is 24.8 Å². The summed E-state index contributed by atoms with van der Waals surface area (Å²) in [4.78, 5) is 16.2. The first-order valence-electron chi connectivity index (χ1n) is 7.26. The summed E-state index contributed by atoms with van der Waals surface area (Å²) < 4.78 is 22.5.